The summed E-state index contributed by atoms with van der Waals surface area (Å²) in [5.74, 6) is -0.787. The highest BCUT2D eigenvalue weighted by Gasteiger charge is 2.16. The first kappa shape index (κ1) is 22.7. The summed E-state index contributed by atoms with van der Waals surface area (Å²) in [4.78, 5) is 25.7. The number of hydrogen-bond donors (Lipinski definition) is 2. The Morgan fingerprint density at radius 2 is 1.21 bits per heavy atom. The molecule has 0 aliphatic carbocycles. The maximum absolute atomic E-state index is 12.9. The monoisotopic (exact) mass is 447 g/mol. The van der Waals surface area contributed by atoms with Gasteiger partial charge in [-0.1, -0.05) is 91.0 Å². The molecule has 34 heavy (non-hydrogen) atoms. The summed E-state index contributed by atoms with van der Waals surface area (Å²) in [6, 6.07) is 34.2. The summed E-state index contributed by atoms with van der Waals surface area (Å²) in [5.41, 5.74) is 6.92. The van der Waals surface area contributed by atoms with Gasteiger partial charge in [0.2, 0.25) is 0 Å². The number of hydrogen-bond acceptors (Lipinski definition) is 3. The van der Waals surface area contributed by atoms with E-state index in [2.05, 4.69) is 15.8 Å². The zero-order valence-corrected chi connectivity index (χ0v) is 18.8. The fourth-order valence-corrected chi connectivity index (χ4v) is 3.72. The summed E-state index contributed by atoms with van der Waals surface area (Å²) in [5, 5.41) is 7.10. The predicted molar refractivity (Wildman–Crippen MR) is 136 cm³/mol. The average molecular weight is 448 g/mol. The number of nitrogens with one attached hydrogen (secondary N) is 2. The highest BCUT2D eigenvalue weighted by molar-refractivity contribution is 6.09. The van der Waals surface area contributed by atoms with Crippen LogP contribution in [-0.4, -0.2) is 18.0 Å². The van der Waals surface area contributed by atoms with Crippen molar-refractivity contribution in [1.29, 1.82) is 0 Å². The van der Waals surface area contributed by atoms with Gasteiger partial charge in [0, 0.05) is 17.7 Å². The molecule has 0 spiro atoms. The minimum Gasteiger partial charge on any atom is -0.321 e. The number of nitrogens with zero attached hydrogens (tertiary/aromatic N) is 1. The van der Waals surface area contributed by atoms with Crippen LogP contribution in [0.5, 0.6) is 0 Å². The number of aryl methyl sites for hydroxylation is 1. The molecule has 2 N–H and O–H groups in total. The highest BCUT2D eigenvalue weighted by Crippen LogP contribution is 2.23. The second-order valence-corrected chi connectivity index (χ2v) is 7.83. The van der Waals surface area contributed by atoms with Crippen LogP contribution in [0, 0.1) is 6.92 Å². The second kappa shape index (κ2) is 10.9. The Morgan fingerprint density at radius 1 is 0.676 bits per heavy atom. The zero-order chi connectivity index (χ0) is 23.8. The van der Waals surface area contributed by atoms with Crippen LogP contribution >= 0.6 is 0 Å². The van der Waals surface area contributed by atoms with E-state index >= 15 is 0 Å². The van der Waals surface area contributed by atoms with Crippen LogP contribution in [0.15, 0.2) is 114 Å². The van der Waals surface area contributed by atoms with E-state index in [1.807, 2.05) is 85.8 Å². The number of anilines is 1. The van der Waals surface area contributed by atoms with Crippen LogP contribution in [0.1, 0.15) is 43.3 Å². The van der Waals surface area contributed by atoms with Crippen LogP contribution in [0.3, 0.4) is 0 Å². The van der Waals surface area contributed by atoms with Crippen molar-refractivity contribution in [2.75, 3.05) is 5.32 Å². The van der Waals surface area contributed by atoms with E-state index in [4.69, 9.17) is 0 Å². The van der Waals surface area contributed by atoms with Crippen LogP contribution < -0.4 is 10.7 Å². The van der Waals surface area contributed by atoms with E-state index in [-0.39, 0.29) is 11.8 Å². The van der Waals surface area contributed by atoms with Crippen LogP contribution in [-0.2, 0) is 0 Å². The summed E-state index contributed by atoms with van der Waals surface area (Å²) in [7, 11) is 0. The molecule has 0 bridgehead atoms. The lowest BCUT2D eigenvalue weighted by molar-refractivity contribution is 0.0956. The van der Waals surface area contributed by atoms with Gasteiger partial charge in [0.05, 0.1) is 11.3 Å². The molecule has 0 fully saturated rings. The zero-order valence-electron chi connectivity index (χ0n) is 18.8. The van der Waals surface area contributed by atoms with Crippen molar-refractivity contribution < 1.29 is 9.59 Å². The number of carbonyl (C=O) groups is 2. The Balaban J connectivity index is 1.52. The molecule has 0 aromatic heterocycles. The van der Waals surface area contributed by atoms with Gasteiger partial charge in [0.1, 0.15) is 0 Å². The first-order chi connectivity index (χ1) is 16.6. The molecule has 0 unspecified atom stereocenters. The third-order valence-electron chi connectivity index (χ3n) is 5.52. The van der Waals surface area contributed by atoms with Crippen molar-refractivity contribution in [3.8, 4) is 0 Å². The smallest absolute Gasteiger partial charge is 0.273 e. The van der Waals surface area contributed by atoms with E-state index in [1.165, 1.54) is 0 Å². The molecule has 0 aliphatic rings. The first-order valence-corrected chi connectivity index (χ1v) is 11.0. The van der Waals surface area contributed by atoms with Gasteiger partial charge in [0.25, 0.3) is 11.8 Å². The van der Waals surface area contributed by atoms with Gasteiger partial charge in [-0.15, -0.1) is 0 Å². The second-order valence-electron chi connectivity index (χ2n) is 7.83. The summed E-state index contributed by atoms with van der Waals surface area (Å²) < 4.78 is 0. The molecule has 2 amide bonds. The minimum absolute atomic E-state index is 0.112. The van der Waals surface area contributed by atoms with E-state index in [0.29, 0.717) is 16.8 Å². The Kier molecular flexibility index (Phi) is 7.25. The van der Waals surface area contributed by atoms with Crippen molar-refractivity contribution >= 4 is 23.7 Å². The van der Waals surface area contributed by atoms with E-state index in [0.717, 1.165) is 16.7 Å². The van der Waals surface area contributed by atoms with Crippen molar-refractivity contribution in [3.05, 3.63) is 137 Å². The molecule has 0 saturated heterocycles. The Labute approximate surface area is 199 Å². The van der Waals surface area contributed by atoms with Crippen LogP contribution in [0.2, 0.25) is 0 Å². The van der Waals surface area contributed by atoms with Gasteiger partial charge >= 0.3 is 0 Å². The van der Waals surface area contributed by atoms with Crippen molar-refractivity contribution in [2.45, 2.75) is 12.8 Å². The molecule has 0 atom stereocenters. The lowest BCUT2D eigenvalue weighted by Crippen LogP contribution is -2.22. The van der Waals surface area contributed by atoms with Gasteiger partial charge in [-0.25, -0.2) is 5.43 Å². The van der Waals surface area contributed by atoms with Crippen molar-refractivity contribution in [3.63, 3.8) is 0 Å². The first-order valence-electron chi connectivity index (χ1n) is 11.0. The molecular formula is C29H25N3O2. The third-order valence-corrected chi connectivity index (χ3v) is 5.52. The predicted octanol–water partition coefficient (Wildman–Crippen LogP) is 5.80. The average Bonchev–Trinajstić information content (AvgIpc) is 2.88. The fraction of sp³-hybridized carbons (Fsp3) is 0.0690. The molecule has 0 aliphatic heterocycles. The maximum atomic E-state index is 12.9. The van der Waals surface area contributed by atoms with Gasteiger partial charge < -0.3 is 5.32 Å². The Morgan fingerprint density at radius 3 is 1.82 bits per heavy atom. The van der Waals surface area contributed by atoms with E-state index in [1.54, 1.807) is 36.5 Å². The molecular weight excluding hydrogens is 422 g/mol. The molecule has 0 heterocycles. The summed E-state index contributed by atoms with van der Waals surface area (Å²) >= 11 is 0. The Hall–Kier alpha value is -4.51. The Bertz CT molecular complexity index is 1260. The summed E-state index contributed by atoms with van der Waals surface area (Å²) in [6.45, 7) is 1.87. The normalized spacial score (nSPS) is 10.9. The largest absolute Gasteiger partial charge is 0.321 e. The van der Waals surface area contributed by atoms with Gasteiger partial charge in [-0.05, 0) is 41.8 Å². The van der Waals surface area contributed by atoms with Gasteiger partial charge in [-0.3, -0.25) is 9.59 Å². The number of para-hydroxylation sites is 1. The quantitative estimate of drug-likeness (QED) is 0.278. The molecule has 4 rings (SSSR count). The van der Waals surface area contributed by atoms with E-state index in [9.17, 15) is 9.59 Å². The number of amides is 2. The molecule has 0 saturated carbocycles. The molecule has 0 radical (unpaired) electrons. The lowest BCUT2D eigenvalue weighted by Gasteiger charge is -2.14. The molecule has 4 aromatic rings. The van der Waals surface area contributed by atoms with Crippen molar-refractivity contribution in [1.82, 2.24) is 5.43 Å². The number of carbonyl (C=O) groups excluding carboxylic acids is 2. The SMILES string of the molecule is Cc1ccccc1C(=O)Nc1ccccc1C(=O)N/N=C/C(c1ccccc1)c1ccccc1. The lowest BCUT2D eigenvalue weighted by atomic mass is 9.92. The molecule has 5 nitrogen and oxygen atoms in total. The highest BCUT2D eigenvalue weighted by atomic mass is 16.2. The molecule has 168 valence electrons. The minimum atomic E-state index is -0.406. The van der Waals surface area contributed by atoms with E-state index < -0.39 is 5.91 Å². The molecule has 5 heteroatoms. The topological polar surface area (TPSA) is 70.6 Å². The van der Waals surface area contributed by atoms with Gasteiger partial charge in [0.15, 0.2) is 0 Å². The third kappa shape index (κ3) is 5.45. The van der Waals surface area contributed by atoms with Gasteiger partial charge in [-0.2, -0.15) is 5.10 Å². The molecule has 4 aromatic carbocycles. The van der Waals surface area contributed by atoms with Crippen LogP contribution in [0.4, 0.5) is 5.69 Å². The van der Waals surface area contributed by atoms with Crippen molar-refractivity contribution in [2.24, 2.45) is 5.10 Å². The fourth-order valence-electron chi connectivity index (χ4n) is 3.72. The van der Waals surface area contributed by atoms with Crippen LogP contribution in [0.25, 0.3) is 0 Å². The standard InChI is InChI=1S/C29H25N3O2/c1-21-12-8-9-17-24(21)28(33)31-27-19-11-10-18-25(27)29(34)32-30-20-26(22-13-4-2-5-14-22)23-15-6-3-7-16-23/h2-20,26H,1H3,(H,31,33)(H,32,34)/b30-20+. The maximum Gasteiger partial charge on any atom is 0.273 e. The number of hydrazone groups is 1. The number of rotatable bonds is 7. The summed E-state index contributed by atoms with van der Waals surface area (Å²) in [6.07, 6.45) is 1.72. The number of benzene rings is 4.